The quantitative estimate of drug-likeness (QED) is 0.896. The van der Waals surface area contributed by atoms with Crippen molar-refractivity contribution in [2.24, 2.45) is 20.0 Å². The van der Waals surface area contributed by atoms with E-state index in [2.05, 4.69) is 12.2 Å². The Balaban J connectivity index is 1.93. The number of hydrogen-bond donors (Lipinski definition) is 1. The van der Waals surface area contributed by atoms with Crippen molar-refractivity contribution in [3.63, 3.8) is 0 Å². The molecule has 21 heavy (non-hydrogen) atoms. The highest BCUT2D eigenvalue weighted by Crippen LogP contribution is 2.27. The molecule has 0 atom stereocenters. The summed E-state index contributed by atoms with van der Waals surface area (Å²) in [5.74, 6) is 0.890. The Hall–Kier alpha value is -1.36. The second kappa shape index (κ2) is 7.07. The minimum atomic E-state index is -0.258. The third-order valence-electron chi connectivity index (χ3n) is 4.74. The summed E-state index contributed by atoms with van der Waals surface area (Å²) in [7, 11) is 3.23. The third kappa shape index (κ3) is 3.84. The van der Waals surface area contributed by atoms with Gasteiger partial charge in [-0.25, -0.2) is 4.79 Å². The molecule has 5 heteroatoms. The van der Waals surface area contributed by atoms with Crippen LogP contribution in [0.3, 0.4) is 0 Å². The van der Waals surface area contributed by atoms with E-state index in [4.69, 9.17) is 0 Å². The maximum absolute atomic E-state index is 11.9. The van der Waals surface area contributed by atoms with E-state index < -0.39 is 0 Å². The molecule has 0 radical (unpaired) electrons. The average molecular weight is 293 g/mol. The van der Waals surface area contributed by atoms with Crippen molar-refractivity contribution >= 4 is 0 Å². The third-order valence-corrected chi connectivity index (χ3v) is 4.74. The van der Waals surface area contributed by atoms with Gasteiger partial charge in [-0.15, -0.1) is 0 Å². The van der Waals surface area contributed by atoms with Gasteiger partial charge >= 0.3 is 5.69 Å². The van der Waals surface area contributed by atoms with Crippen LogP contribution in [0.5, 0.6) is 0 Å². The van der Waals surface area contributed by atoms with E-state index in [1.807, 2.05) is 0 Å². The summed E-state index contributed by atoms with van der Waals surface area (Å²) in [5.41, 5.74) is 0.270. The summed E-state index contributed by atoms with van der Waals surface area (Å²) in [6.45, 7) is 2.84. The van der Waals surface area contributed by atoms with Gasteiger partial charge in [0.2, 0.25) is 0 Å². The first-order valence-corrected chi connectivity index (χ1v) is 8.02. The second-order valence-corrected chi connectivity index (χ2v) is 6.26. The summed E-state index contributed by atoms with van der Waals surface area (Å²) in [6, 6.07) is 2.06. The van der Waals surface area contributed by atoms with Crippen LogP contribution in [0.2, 0.25) is 0 Å². The van der Waals surface area contributed by atoms with Gasteiger partial charge < -0.3 is 5.32 Å². The van der Waals surface area contributed by atoms with E-state index in [-0.39, 0.29) is 11.2 Å². The van der Waals surface area contributed by atoms with Crippen LogP contribution in [-0.4, -0.2) is 15.2 Å². The fourth-order valence-electron chi connectivity index (χ4n) is 3.26. The highest BCUT2D eigenvalue weighted by molar-refractivity contribution is 5.02. The lowest BCUT2D eigenvalue weighted by molar-refractivity contribution is 0.276. The smallest absolute Gasteiger partial charge is 0.308 e. The van der Waals surface area contributed by atoms with Crippen molar-refractivity contribution in [2.75, 3.05) is 0 Å². The van der Waals surface area contributed by atoms with Crippen LogP contribution in [0, 0.1) is 5.92 Å². The van der Waals surface area contributed by atoms with Crippen LogP contribution in [0.1, 0.15) is 51.1 Å². The molecule has 1 fully saturated rings. The Morgan fingerprint density at radius 3 is 2.43 bits per heavy atom. The zero-order valence-corrected chi connectivity index (χ0v) is 13.4. The minimum absolute atomic E-state index is 0.235. The predicted octanol–water partition coefficient (Wildman–Crippen LogP) is 1.53. The predicted molar refractivity (Wildman–Crippen MR) is 84.4 cm³/mol. The van der Waals surface area contributed by atoms with Crippen LogP contribution >= 0.6 is 0 Å². The molecular formula is C16H27N3O2. The van der Waals surface area contributed by atoms with E-state index in [9.17, 15) is 9.59 Å². The van der Waals surface area contributed by atoms with Gasteiger partial charge in [0, 0.05) is 38.4 Å². The van der Waals surface area contributed by atoms with Gasteiger partial charge in [0.25, 0.3) is 5.56 Å². The van der Waals surface area contributed by atoms with E-state index >= 15 is 0 Å². The van der Waals surface area contributed by atoms with Gasteiger partial charge in [0.05, 0.1) is 0 Å². The number of hydrogen-bond acceptors (Lipinski definition) is 3. The van der Waals surface area contributed by atoms with Crippen LogP contribution in [-0.2, 0) is 20.6 Å². The monoisotopic (exact) mass is 293 g/mol. The van der Waals surface area contributed by atoms with E-state index in [1.165, 1.54) is 45.6 Å². The van der Waals surface area contributed by atoms with Crippen molar-refractivity contribution in [1.82, 2.24) is 14.5 Å². The van der Waals surface area contributed by atoms with E-state index in [0.29, 0.717) is 12.6 Å². The molecule has 0 aromatic carbocycles. The Labute approximate surface area is 126 Å². The van der Waals surface area contributed by atoms with Gasteiger partial charge in [-0.05, 0) is 31.6 Å². The first-order valence-electron chi connectivity index (χ1n) is 8.02. The van der Waals surface area contributed by atoms with E-state index in [0.717, 1.165) is 16.2 Å². The molecule has 1 N–H and O–H groups in total. The van der Waals surface area contributed by atoms with Gasteiger partial charge in [-0.3, -0.25) is 13.9 Å². The average Bonchev–Trinajstić information content (AvgIpc) is 2.49. The number of aromatic nitrogens is 2. The maximum Gasteiger partial charge on any atom is 0.330 e. The van der Waals surface area contributed by atoms with Crippen molar-refractivity contribution < 1.29 is 0 Å². The Kier molecular flexibility index (Phi) is 5.39. The fraction of sp³-hybridized carbons (Fsp3) is 0.750. The van der Waals surface area contributed by atoms with Crippen molar-refractivity contribution in [1.29, 1.82) is 0 Å². The Morgan fingerprint density at radius 2 is 1.81 bits per heavy atom. The molecule has 0 aliphatic heterocycles. The van der Waals surface area contributed by atoms with Crippen molar-refractivity contribution in [3.05, 3.63) is 32.6 Å². The van der Waals surface area contributed by atoms with Crippen LogP contribution in [0.4, 0.5) is 0 Å². The molecule has 1 aliphatic carbocycles. The maximum atomic E-state index is 11.9. The van der Waals surface area contributed by atoms with Crippen LogP contribution in [0.25, 0.3) is 0 Å². The molecule has 1 aliphatic rings. The summed E-state index contributed by atoms with van der Waals surface area (Å²) >= 11 is 0. The molecule has 1 aromatic heterocycles. The molecule has 5 nitrogen and oxygen atoms in total. The molecule has 0 unspecified atom stereocenters. The zero-order valence-electron chi connectivity index (χ0n) is 13.4. The highest BCUT2D eigenvalue weighted by Gasteiger charge is 2.20. The highest BCUT2D eigenvalue weighted by atomic mass is 16.2. The molecule has 2 rings (SSSR count). The van der Waals surface area contributed by atoms with Crippen LogP contribution in [0.15, 0.2) is 15.7 Å². The molecule has 1 saturated carbocycles. The number of rotatable bonds is 5. The first-order chi connectivity index (χ1) is 10.0. The lowest BCUT2D eigenvalue weighted by atomic mass is 9.83. The summed E-state index contributed by atoms with van der Waals surface area (Å²) in [4.78, 5) is 23.6. The lowest BCUT2D eigenvalue weighted by Gasteiger charge is -2.29. The topological polar surface area (TPSA) is 56.0 Å². The molecule has 0 bridgehead atoms. The molecule has 0 saturated heterocycles. The standard InChI is InChI=1S/C16H27N3O2/c1-4-5-12-6-8-13(9-7-12)17-11-14-10-15(20)19(3)16(21)18(14)2/h10,12-13,17H,4-9,11H2,1-3H3. The molecule has 1 aromatic rings. The van der Waals surface area contributed by atoms with Gasteiger partial charge in [-0.2, -0.15) is 0 Å². The van der Waals surface area contributed by atoms with Crippen molar-refractivity contribution in [2.45, 2.75) is 58.0 Å². The van der Waals surface area contributed by atoms with Gasteiger partial charge in [-0.1, -0.05) is 19.8 Å². The molecule has 118 valence electrons. The number of nitrogens with zero attached hydrogens (tertiary/aromatic N) is 2. The molecule has 0 spiro atoms. The largest absolute Gasteiger partial charge is 0.330 e. The van der Waals surface area contributed by atoms with Gasteiger partial charge in [0.1, 0.15) is 0 Å². The molecule has 1 heterocycles. The van der Waals surface area contributed by atoms with Gasteiger partial charge in [0.15, 0.2) is 0 Å². The first kappa shape index (κ1) is 16.0. The van der Waals surface area contributed by atoms with Crippen molar-refractivity contribution in [3.8, 4) is 0 Å². The number of nitrogens with one attached hydrogen (secondary N) is 1. The normalized spacial score (nSPS) is 22.4. The fourth-order valence-corrected chi connectivity index (χ4v) is 3.26. The molecule has 0 amide bonds. The minimum Gasteiger partial charge on any atom is -0.308 e. The summed E-state index contributed by atoms with van der Waals surface area (Å²) in [6.07, 6.45) is 7.60. The lowest BCUT2D eigenvalue weighted by Crippen LogP contribution is -2.40. The van der Waals surface area contributed by atoms with Crippen LogP contribution < -0.4 is 16.6 Å². The Morgan fingerprint density at radius 1 is 1.14 bits per heavy atom. The summed E-state index contributed by atoms with van der Waals surface area (Å²) < 4.78 is 2.69. The Bertz CT molecular complexity index is 580. The SMILES string of the molecule is CCCC1CCC(NCc2cc(=O)n(C)c(=O)n2C)CC1. The molecular weight excluding hydrogens is 266 g/mol. The van der Waals surface area contributed by atoms with E-state index in [1.54, 1.807) is 17.7 Å². The summed E-state index contributed by atoms with van der Waals surface area (Å²) in [5, 5.41) is 3.51. The second-order valence-electron chi connectivity index (χ2n) is 6.26. The zero-order chi connectivity index (χ0) is 15.4.